The van der Waals surface area contributed by atoms with Crippen LogP contribution in [0.2, 0.25) is 10.0 Å². The van der Waals surface area contributed by atoms with E-state index in [1.54, 1.807) is 6.07 Å². The van der Waals surface area contributed by atoms with Crippen molar-refractivity contribution < 1.29 is 0 Å². The fourth-order valence-electron chi connectivity index (χ4n) is 0.983. The fourth-order valence-corrected chi connectivity index (χ4v) is 1.30. The molecule has 0 aliphatic heterocycles. The van der Waals surface area contributed by atoms with Gasteiger partial charge in [-0.1, -0.05) is 23.2 Å². The minimum Gasteiger partial charge on any atom is -0.805 e. The van der Waals surface area contributed by atoms with Gasteiger partial charge in [0.05, 0.1) is 27.4 Å². The number of imidazole rings is 1. The zero-order valence-electron chi connectivity index (χ0n) is 5.79. The van der Waals surface area contributed by atoms with Gasteiger partial charge in [0.1, 0.15) is 0 Å². The first-order valence-electron chi connectivity index (χ1n) is 3.18. The fraction of sp³-hybridized carbons (Fsp3) is 0. The summed E-state index contributed by atoms with van der Waals surface area (Å²) in [5, 5.41) is 11.8. The van der Waals surface area contributed by atoms with Crippen LogP contribution in [-0.4, -0.2) is 9.71 Å². The largest absolute Gasteiger partial charge is 0.805 e. The number of halogens is 2. The molecule has 0 atom stereocenters. The average Bonchev–Trinajstić information content (AvgIpc) is 2.35. The summed E-state index contributed by atoms with van der Waals surface area (Å²) >= 11 is 11.4. The molecule has 0 N–H and O–H groups in total. The first kappa shape index (κ1) is 7.71. The molecule has 0 bridgehead atoms. The third-order valence-electron chi connectivity index (χ3n) is 1.56. The van der Waals surface area contributed by atoms with E-state index in [0.717, 1.165) is 0 Å². The van der Waals surface area contributed by atoms with Gasteiger partial charge in [-0.2, -0.15) is 0 Å². The van der Waals surface area contributed by atoms with E-state index in [-0.39, 0.29) is 0 Å². The Hall–Kier alpha value is -0.930. The number of benzene rings is 1. The van der Waals surface area contributed by atoms with Crippen LogP contribution in [0.3, 0.4) is 0 Å². The molecule has 5 heteroatoms. The number of fused-ring (bicyclic) bond motifs is 1. The monoisotopic (exact) mass is 201 g/mol. The van der Waals surface area contributed by atoms with Crippen molar-refractivity contribution in [2.45, 2.75) is 0 Å². The van der Waals surface area contributed by atoms with E-state index in [0.29, 0.717) is 25.8 Å². The summed E-state index contributed by atoms with van der Waals surface area (Å²) < 4.78 is 0.650. The average molecular weight is 202 g/mol. The van der Waals surface area contributed by atoms with E-state index < -0.39 is 0 Å². The van der Waals surface area contributed by atoms with E-state index in [4.69, 9.17) is 23.2 Å². The Balaban J connectivity index is 2.87. The normalized spacial score (nSPS) is 10.8. The van der Waals surface area contributed by atoms with Crippen LogP contribution in [0.1, 0.15) is 0 Å². The van der Waals surface area contributed by atoms with Crippen molar-refractivity contribution in [1.82, 2.24) is 9.71 Å². The molecule has 3 nitrogen and oxygen atoms in total. The van der Waals surface area contributed by atoms with Gasteiger partial charge in [-0.25, -0.2) is 4.98 Å². The standard InChI is InChI=1S/C7H3Cl2N2O/c8-4-1-6-7(2-5(4)9)11(12)3-10-6/h1-3H/q-1. The first-order valence-corrected chi connectivity index (χ1v) is 3.93. The Morgan fingerprint density at radius 3 is 2.67 bits per heavy atom. The highest BCUT2D eigenvalue weighted by atomic mass is 35.5. The summed E-state index contributed by atoms with van der Waals surface area (Å²) in [4.78, 5) is 3.83. The topological polar surface area (TPSA) is 40.9 Å². The molecule has 2 rings (SSSR count). The minimum absolute atomic E-state index is 0.363. The van der Waals surface area contributed by atoms with Gasteiger partial charge in [0, 0.05) is 0 Å². The number of aromatic nitrogens is 2. The van der Waals surface area contributed by atoms with Gasteiger partial charge in [0.25, 0.3) is 0 Å². The smallest absolute Gasteiger partial charge is 0.0911 e. The van der Waals surface area contributed by atoms with Crippen molar-refractivity contribution in [1.29, 1.82) is 0 Å². The van der Waals surface area contributed by atoms with E-state index in [1.165, 1.54) is 12.4 Å². The van der Waals surface area contributed by atoms with Crippen LogP contribution in [0.4, 0.5) is 0 Å². The van der Waals surface area contributed by atoms with Crippen LogP contribution in [0.15, 0.2) is 18.5 Å². The van der Waals surface area contributed by atoms with Crippen LogP contribution < -0.4 is 0 Å². The van der Waals surface area contributed by atoms with Crippen molar-refractivity contribution in [2.75, 3.05) is 0 Å². The van der Waals surface area contributed by atoms with Crippen LogP contribution in [0, 0.1) is 5.21 Å². The molecule has 1 heterocycles. The van der Waals surface area contributed by atoms with Crippen LogP contribution in [0.25, 0.3) is 11.0 Å². The molecule has 0 aliphatic carbocycles. The minimum atomic E-state index is 0.363. The molecule has 0 aliphatic rings. The predicted molar refractivity (Wildman–Crippen MR) is 48.5 cm³/mol. The lowest BCUT2D eigenvalue weighted by atomic mass is 10.3. The molecule has 62 valence electrons. The van der Waals surface area contributed by atoms with Crippen molar-refractivity contribution in [3.05, 3.63) is 33.7 Å². The van der Waals surface area contributed by atoms with Gasteiger partial charge >= 0.3 is 0 Å². The van der Waals surface area contributed by atoms with Crippen molar-refractivity contribution >= 4 is 34.2 Å². The first-order chi connectivity index (χ1) is 5.68. The molecule has 12 heavy (non-hydrogen) atoms. The molecular formula is C7H3Cl2N2O-. The molecule has 0 saturated heterocycles. The van der Waals surface area contributed by atoms with E-state index >= 15 is 0 Å². The van der Waals surface area contributed by atoms with E-state index in [2.05, 4.69) is 4.98 Å². The maximum absolute atomic E-state index is 11.0. The van der Waals surface area contributed by atoms with Gasteiger partial charge in [0.2, 0.25) is 0 Å². The summed E-state index contributed by atoms with van der Waals surface area (Å²) in [6.07, 6.45) is 1.18. The molecule has 0 unspecified atom stereocenters. The highest BCUT2D eigenvalue weighted by Gasteiger charge is 2.02. The zero-order valence-corrected chi connectivity index (χ0v) is 7.30. The second-order valence-electron chi connectivity index (χ2n) is 2.33. The Labute approximate surface area is 78.1 Å². The van der Waals surface area contributed by atoms with Gasteiger partial charge in [-0.3, -0.25) is 0 Å². The third-order valence-corrected chi connectivity index (χ3v) is 2.28. The van der Waals surface area contributed by atoms with Crippen molar-refractivity contribution in [2.24, 2.45) is 0 Å². The summed E-state index contributed by atoms with van der Waals surface area (Å²) in [6, 6.07) is 3.06. The van der Waals surface area contributed by atoms with Gasteiger partial charge in [-0.05, 0) is 12.1 Å². The van der Waals surface area contributed by atoms with Gasteiger partial charge in [0.15, 0.2) is 0 Å². The van der Waals surface area contributed by atoms with Gasteiger partial charge < -0.3 is 9.94 Å². The number of rotatable bonds is 0. The van der Waals surface area contributed by atoms with Crippen LogP contribution in [-0.2, 0) is 0 Å². The maximum Gasteiger partial charge on any atom is 0.0911 e. The highest BCUT2D eigenvalue weighted by Crippen LogP contribution is 2.26. The molecule has 2 aromatic rings. The summed E-state index contributed by atoms with van der Waals surface area (Å²) in [5.41, 5.74) is 0.990. The lowest BCUT2D eigenvalue weighted by Crippen LogP contribution is -1.81. The maximum atomic E-state index is 11.0. The van der Waals surface area contributed by atoms with E-state index in [9.17, 15) is 5.21 Å². The van der Waals surface area contributed by atoms with Gasteiger partial charge in [-0.15, -0.1) is 0 Å². The molecule has 1 aromatic carbocycles. The second-order valence-corrected chi connectivity index (χ2v) is 3.14. The van der Waals surface area contributed by atoms with Crippen LogP contribution in [0.5, 0.6) is 0 Å². The molecule has 0 amide bonds. The Kier molecular flexibility index (Phi) is 1.63. The number of hydrogen-bond donors (Lipinski definition) is 0. The van der Waals surface area contributed by atoms with E-state index in [1.807, 2.05) is 0 Å². The van der Waals surface area contributed by atoms with Crippen molar-refractivity contribution in [3.8, 4) is 0 Å². The predicted octanol–water partition coefficient (Wildman–Crippen LogP) is 2.69. The molecule has 0 spiro atoms. The Morgan fingerprint density at radius 2 is 1.92 bits per heavy atom. The lowest BCUT2D eigenvalue weighted by molar-refractivity contribution is 1.11. The van der Waals surface area contributed by atoms with Crippen molar-refractivity contribution in [3.63, 3.8) is 0 Å². The Morgan fingerprint density at radius 1 is 1.25 bits per heavy atom. The zero-order chi connectivity index (χ0) is 8.72. The number of hydrogen-bond acceptors (Lipinski definition) is 2. The second kappa shape index (κ2) is 2.54. The SMILES string of the molecule is [O-]n1cnc2cc(Cl)c(Cl)cc21. The molecule has 0 radical (unpaired) electrons. The molecule has 0 fully saturated rings. The third kappa shape index (κ3) is 1.02. The quantitative estimate of drug-likeness (QED) is 0.658. The van der Waals surface area contributed by atoms with Crippen LogP contribution >= 0.6 is 23.2 Å². The Bertz CT molecular complexity index is 438. The summed E-state index contributed by atoms with van der Waals surface area (Å²) in [6.45, 7) is 0. The molecular weight excluding hydrogens is 199 g/mol. The number of nitrogens with zero attached hydrogens (tertiary/aromatic N) is 2. The summed E-state index contributed by atoms with van der Waals surface area (Å²) in [7, 11) is 0. The highest BCUT2D eigenvalue weighted by molar-refractivity contribution is 6.42. The lowest BCUT2D eigenvalue weighted by Gasteiger charge is -2.05. The summed E-state index contributed by atoms with van der Waals surface area (Å²) in [5.74, 6) is 0. The molecule has 0 saturated carbocycles. The molecule has 1 aromatic heterocycles.